The van der Waals surface area contributed by atoms with Crippen LogP contribution in [0.4, 0.5) is 0 Å². The molecular weight excluding hydrogens is 520 g/mol. The molecule has 4 heterocycles. The summed E-state index contributed by atoms with van der Waals surface area (Å²) < 4.78 is 28.1. The van der Waals surface area contributed by atoms with E-state index in [2.05, 4.69) is 33.1 Å². The van der Waals surface area contributed by atoms with Crippen LogP contribution in [0.25, 0.3) is 34.9 Å². The average Bonchev–Trinajstić information content (AvgIpc) is 3.03. The van der Waals surface area contributed by atoms with Crippen LogP contribution >= 0.6 is 0 Å². The zero-order chi connectivity index (χ0) is 28.5. The lowest BCUT2D eigenvalue weighted by atomic mass is 10.2. The summed E-state index contributed by atoms with van der Waals surface area (Å²) in [5.41, 5.74) is 4.61. The Morgan fingerprint density at radius 2 is 0.780 bits per heavy atom. The molecule has 0 saturated carbocycles. The fourth-order valence-electron chi connectivity index (χ4n) is 3.64. The smallest absolute Gasteiger partial charge is 0.213 e. The van der Waals surface area contributed by atoms with E-state index >= 15 is 0 Å². The summed E-state index contributed by atoms with van der Waals surface area (Å²) in [6.07, 6.45) is 3.41. The van der Waals surface area contributed by atoms with Gasteiger partial charge in [-0.15, -0.1) is 0 Å². The topological polar surface area (TPSA) is 97.7 Å². The third kappa shape index (κ3) is 9.91. The van der Waals surface area contributed by atoms with E-state index in [4.69, 9.17) is 23.7 Å². The summed E-state index contributed by atoms with van der Waals surface area (Å²) in [6.45, 7) is 11.0. The van der Waals surface area contributed by atoms with E-state index in [9.17, 15) is 0 Å². The highest BCUT2D eigenvalue weighted by Crippen LogP contribution is 2.19. The number of rotatable bonds is 18. The van der Waals surface area contributed by atoms with Gasteiger partial charge in [0.25, 0.3) is 0 Å². The van der Waals surface area contributed by atoms with E-state index in [1.54, 1.807) is 12.2 Å². The third-order valence-corrected chi connectivity index (χ3v) is 5.63. The van der Waals surface area contributed by atoms with Gasteiger partial charge in [0.15, 0.2) is 0 Å². The standard InChI is InChI=1S/C32H34N4O5/c1-3-25-9-5-11-27(33-25)29-13-7-15-31(35-29)40-23-21-38-19-17-37-18-20-39-22-24-41-32-16-8-14-30(36-32)28-12-6-10-26(4-2)34-28/h3-16H,1-2,17-24H2. The fourth-order valence-corrected chi connectivity index (χ4v) is 3.64. The van der Waals surface area contributed by atoms with E-state index in [1.165, 1.54) is 0 Å². The van der Waals surface area contributed by atoms with Crippen molar-refractivity contribution in [1.82, 2.24) is 19.9 Å². The van der Waals surface area contributed by atoms with Crippen molar-refractivity contribution in [2.24, 2.45) is 0 Å². The van der Waals surface area contributed by atoms with Crippen LogP contribution in [0, 0.1) is 0 Å². The van der Waals surface area contributed by atoms with Gasteiger partial charge in [0.05, 0.1) is 73.8 Å². The minimum absolute atomic E-state index is 0.384. The molecular formula is C32H34N4O5. The van der Waals surface area contributed by atoms with E-state index in [0.29, 0.717) is 64.6 Å². The Hall–Kier alpha value is -4.44. The van der Waals surface area contributed by atoms with Crippen LogP contribution in [-0.2, 0) is 14.2 Å². The van der Waals surface area contributed by atoms with Crippen molar-refractivity contribution in [1.29, 1.82) is 0 Å². The molecule has 0 aliphatic carbocycles. The summed E-state index contributed by atoms with van der Waals surface area (Å²) >= 11 is 0. The first-order valence-corrected chi connectivity index (χ1v) is 13.4. The van der Waals surface area contributed by atoms with Gasteiger partial charge in [0.2, 0.25) is 11.8 Å². The van der Waals surface area contributed by atoms with Gasteiger partial charge in [-0.1, -0.05) is 37.4 Å². The van der Waals surface area contributed by atoms with Crippen LogP contribution < -0.4 is 9.47 Å². The van der Waals surface area contributed by atoms with E-state index < -0.39 is 0 Å². The number of pyridine rings is 4. The van der Waals surface area contributed by atoms with Crippen molar-refractivity contribution in [2.75, 3.05) is 52.9 Å². The molecule has 0 aromatic carbocycles. The molecule has 0 bridgehead atoms. The Bertz CT molecular complexity index is 1290. The third-order valence-electron chi connectivity index (χ3n) is 5.63. The van der Waals surface area contributed by atoms with Crippen molar-refractivity contribution in [3.05, 3.63) is 97.3 Å². The van der Waals surface area contributed by atoms with Crippen molar-refractivity contribution in [3.63, 3.8) is 0 Å². The van der Waals surface area contributed by atoms with Crippen LogP contribution in [0.2, 0.25) is 0 Å². The van der Waals surface area contributed by atoms with Crippen LogP contribution in [0.3, 0.4) is 0 Å². The maximum atomic E-state index is 5.71. The van der Waals surface area contributed by atoms with Crippen LogP contribution in [-0.4, -0.2) is 72.8 Å². The molecule has 0 spiro atoms. The Kier molecular flexibility index (Phi) is 12.0. The first-order valence-electron chi connectivity index (χ1n) is 13.4. The van der Waals surface area contributed by atoms with E-state index in [1.807, 2.05) is 72.8 Å². The first kappa shape index (κ1) is 29.5. The Morgan fingerprint density at radius 3 is 1.17 bits per heavy atom. The van der Waals surface area contributed by atoms with Gasteiger partial charge in [-0.2, -0.15) is 0 Å². The van der Waals surface area contributed by atoms with Crippen molar-refractivity contribution >= 4 is 12.2 Å². The largest absolute Gasteiger partial charge is 0.475 e. The van der Waals surface area contributed by atoms with Crippen molar-refractivity contribution in [3.8, 4) is 34.5 Å². The Morgan fingerprint density at radius 1 is 0.439 bits per heavy atom. The molecule has 0 fully saturated rings. The minimum atomic E-state index is 0.384. The Balaban J connectivity index is 1.01. The van der Waals surface area contributed by atoms with Gasteiger partial charge in [0, 0.05) is 12.1 Å². The summed E-state index contributed by atoms with van der Waals surface area (Å²) in [5, 5.41) is 0. The van der Waals surface area contributed by atoms with Crippen LogP contribution in [0.5, 0.6) is 11.8 Å². The molecule has 0 unspecified atom stereocenters. The van der Waals surface area contributed by atoms with Gasteiger partial charge in [-0.05, 0) is 48.6 Å². The van der Waals surface area contributed by atoms with Crippen LogP contribution in [0.15, 0.2) is 86.0 Å². The number of nitrogens with zero attached hydrogens (tertiary/aromatic N) is 4. The maximum absolute atomic E-state index is 5.71. The molecule has 212 valence electrons. The highest BCUT2D eigenvalue weighted by Gasteiger charge is 2.05. The molecule has 0 saturated heterocycles. The lowest BCUT2D eigenvalue weighted by Crippen LogP contribution is -2.14. The quantitative estimate of drug-likeness (QED) is 0.150. The predicted molar refractivity (Wildman–Crippen MR) is 159 cm³/mol. The second-order valence-corrected chi connectivity index (χ2v) is 8.56. The van der Waals surface area contributed by atoms with Gasteiger partial charge >= 0.3 is 0 Å². The monoisotopic (exact) mass is 554 g/mol. The highest BCUT2D eigenvalue weighted by atomic mass is 16.6. The van der Waals surface area contributed by atoms with E-state index in [-0.39, 0.29) is 0 Å². The maximum Gasteiger partial charge on any atom is 0.213 e. The molecule has 0 amide bonds. The highest BCUT2D eigenvalue weighted by molar-refractivity contribution is 5.58. The molecule has 0 radical (unpaired) electrons. The predicted octanol–water partition coefficient (Wildman–Crippen LogP) is 5.39. The molecule has 41 heavy (non-hydrogen) atoms. The molecule has 9 heteroatoms. The summed E-state index contributed by atoms with van der Waals surface area (Å²) in [4.78, 5) is 18.0. The number of hydrogen-bond acceptors (Lipinski definition) is 9. The fraction of sp³-hybridized carbons (Fsp3) is 0.250. The summed E-state index contributed by atoms with van der Waals surface area (Å²) in [6, 6.07) is 22.6. The molecule has 9 nitrogen and oxygen atoms in total. The number of aromatic nitrogens is 4. The van der Waals surface area contributed by atoms with Crippen molar-refractivity contribution < 1.29 is 23.7 Å². The lowest BCUT2D eigenvalue weighted by Gasteiger charge is -2.09. The Labute approximate surface area is 240 Å². The summed E-state index contributed by atoms with van der Waals surface area (Å²) in [5.74, 6) is 1.04. The van der Waals surface area contributed by atoms with Gasteiger partial charge in [-0.25, -0.2) is 19.9 Å². The summed E-state index contributed by atoms with van der Waals surface area (Å²) in [7, 11) is 0. The number of hydrogen-bond donors (Lipinski definition) is 0. The normalized spacial score (nSPS) is 10.7. The molecule has 0 aliphatic rings. The van der Waals surface area contributed by atoms with Gasteiger partial charge in [-0.3, -0.25) is 0 Å². The molecule has 4 rings (SSSR count). The second-order valence-electron chi connectivity index (χ2n) is 8.56. The van der Waals surface area contributed by atoms with Crippen molar-refractivity contribution in [2.45, 2.75) is 0 Å². The minimum Gasteiger partial charge on any atom is -0.475 e. The zero-order valence-electron chi connectivity index (χ0n) is 23.0. The SMILES string of the molecule is C=Cc1cccc(-c2cccc(OCCOCCOCCOCCOc3cccc(-c4cccc(C=C)n4)n3)n2)n1. The van der Waals surface area contributed by atoms with E-state index in [0.717, 1.165) is 34.2 Å². The molecule has 0 N–H and O–H groups in total. The average molecular weight is 555 g/mol. The van der Waals surface area contributed by atoms with Crippen LogP contribution in [0.1, 0.15) is 11.4 Å². The first-order chi connectivity index (χ1) is 20.2. The van der Waals surface area contributed by atoms with Gasteiger partial charge in [0.1, 0.15) is 13.2 Å². The molecule has 4 aromatic rings. The lowest BCUT2D eigenvalue weighted by molar-refractivity contribution is 0.00461. The second kappa shape index (κ2) is 16.6. The zero-order valence-corrected chi connectivity index (χ0v) is 23.0. The molecule has 0 atom stereocenters. The molecule has 4 aromatic heterocycles. The number of ether oxygens (including phenoxy) is 5. The molecule has 0 aliphatic heterocycles. The van der Waals surface area contributed by atoms with Gasteiger partial charge < -0.3 is 23.7 Å².